The maximum absolute atomic E-state index is 12.2. The van der Waals surface area contributed by atoms with Crippen LogP contribution in [0.2, 0.25) is 0 Å². The Labute approximate surface area is 123 Å². The lowest BCUT2D eigenvalue weighted by atomic mass is 9.95. The molecule has 20 heavy (non-hydrogen) atoms. The van der Waals surface area contributed by atoms with Crippen LogP contribution in [0.3, 0.4) is 0 Å². The van der Waals surface area contributed by atoms with Crippen molar-refractivity contribution in [1.29, 1.82) is 0 Å². The number of nitrogens with zero attached hydrogens (tertiary/aromatic N) is 2. The summed E-state index contributed by atoms with van der Waals surface area (Å²) in [7, 11) is -0.763. The number of nitrogens with one attached hydrogen (secondary N) is 1. The summed E-state index contributed by atoms with van der Waals surface area (Å²) in [5.41, 5.74) is 0. The van der Waals surface area contributed by atoms with Crippen LogP contribution >= 0.6 is 0 Å². The van der Waals surface area contributed by atoms with Crippen molar-refractivity contribution in [3.8, 4) is 5.88 Å². The summed E-state index contributed by atoms with van der Waals surface area (Å²) in [6.07, 6.45) is 5.93. The van der Waals surface area contributed by atoms with Crippen molar-refractivity contribution in [2.75, 3.05) is 17.7 Å². The molecule has 0 saturated heterocycles. The first-order valence-electron chi connectivity index (χ1n) is 7.33. The second-order valence-electron chi connectivity index (χ2n) is 4.92. The zero-order chi connectivity index (χ0) is 14.4. The van der Waals surface area contributed by atoms with Gasteiger partial charge in [0.1, 0.15) is 12.1 Å². The summed E-state index contributed by atoms with van der Waals surface area (Å²) < 4.78 is 17.5. The minimum Gasteiger partial charge on any atom is -0.478 e. The molecule has 1 heterocycles. The third-order valence-electron chi connectivity index (χ3n) is 3.59. The standard InChI is InChI=1S/C14H23N3O2S/c1-3-19-14-9-13(15-10-16-14)17-11-7-5-6-8-12(11)20(18)4-2/h9-12H,3-8H2,1-2H3,(H,15,16,17)/t11-,12-,20+/m1/s1. The molecule has 0 aromatic carbocycles. The van der Waals surface area contributed by atoms with E-state index in [9.17, 15) is 4.21 Å². The highest BCUT2D eigenvalue weighted by molar-refractivity contribution is 7.85. The molecule has 0 unspecified atom stereocenters. The molecule has 1 N–H and O–H groups in total. The second-order valence-corrected chi connectivity index (χ2v) is 6.86. The van der Waals surface area contributed by atoms with Gasteiger partial charge in [-0.3, -0.25) is 4.21 Å². The molecule has 0 bridgehead atoms. The van der Waals surface area contributed by atoms with Crippen LogP contribution in [-0.2, 0) is 10.8 Å². The Morgan fingerprint density at radius 1 is 1.35 bits per heavy atom. The zero-order valence-electron chi connectivity index (χ0n) is 12.2. The van der Waals surface area contributed by atoms with Crippen LogP contribution in [0.1, 0.15) is 39.5 Å². The van der Waals surface area contributed by atoms with Gasteiger partial charge in [-0.25, -0.2) is 9.97 Å². The third kappa shape index (κ3) is 3.91. The highest BCUT2D eigenvalue weighted by atomic mass is 32.2. The summed E-state index contributed by atoms with van der Waals surface area (Å²) in [6.45, 7) is 4.50. The second kappa shape index (κ2) is 7.57. The van der Waals surface area contributed by atoms with E-state index in [2.05, 4.69) is 15.3 Å². The molecule has 1 aromatic rings. The van der Waals surface area contributed by atoms with E-state index in [0.29, 0.717) is 12.5 Å². The lowest BCUT2D eigenvalue weighted by Gasteiger charge is -2.31. The van der Waals surface area contributed by atoms with Crippen molar-refractivity contribution >= 4 is 16.6 Å². The highest BCUT2D eigenvalue weighted by Crippen LogP contribution is 2.26. The van der Waals surface area contributed by atoms with E-state index in [4.69, 9.17) is 4.74 Å². The Morgan fingerprint density at radius 2 is 2.15 bits per heavy atom. The van der Waals surface area contributed by atoms with Crippen LogP contribution < -0.4 is 10.1 Å². The molecule has 0 spiro atoms. The fourth-order valence-electron chi connectivity index (χ4n) is 2.63. The fourth-order valence-corrected chi connectivity index (χ4v) is 4.05. The Hall–Kier alpha value is -1.17. The molecule has 0 radical (unpaired) electrons. The maximum Gasteiger partial charge on any atom is 0.218 e. The monoisotopic (exact) mass is 297 g/mol. The third-order valence-corrected chi connectivity index (χ3v) is 5.40. The summed E-state index contributed by atoms with van der Waals surface area (Å²) in [5.74, 6) is 2.05. The van der Waals surface area contributed by atoms with Crippen molar-refractivity contribution in [2.24, 2.45) is 0 Å². The first-order valence-corrected chi connectivity index (χ1v) is 8.71. The molecule has 1 aliphatic carbocycles. The van der Waals surface area contributed by atoms with Crippen molar-refractivity contribution in [1.82, 2.24) is 9.97 Å². The molecule has 3 atom stereocenters. The molecule has 1 aliphatic rings. The molecule has 5 nitrogen and oxygen atoms in total. The van der Waals surface area contributed by atoms with Gasteiger partial charge in [0, 0.05) is 28.7 Å². The average Bonchev–Trinajstić information content (AvgIpc) is 2.48. The van der Waals surface area contributed by atoms with Gasteiger partial charge in [-0.05, 0) is 19.8 Å². The van der Waals surface area contributed by atoms with Crippen molar-refractivity contribution in [3.05, 3.63) is 12.4 Å². The average molecular weight is 297 g/mol. The lowest BCUT2D eigenvalue weighted by molar-refractivity contribution is 0.326. The molecule has 1 aromatic heterocycles. The Bertz CT molecular complexity index is 456. The van der Waals surface area contributed by atoms with Crippen molar-refractivity contribution in [2.45, 2.75) is 50.8 Å². The Balaban J connectivity index is 2.06. The predicted molar refractivity (Wildman–Crippen MR) is 81.6 cm³/mol. The van der Waals surface area contributed by atoms with Gasteiger partial charge in [-0.2, -0.15) is 0 Å². The number of rotatable bonds is 6. The van der Waals surface area contributed by atoms with Gasteiger partial charge >= 0.3 is 0 Å². The van der Waals surface area contributed by atoms with Gasteiger partial charge in [-0.15, -0.1) is 0 Å². The number of hydrogen-bond acceptors (Lipinski definition) is 5. The lowest BCUT2D eigenvalue weighted by Crippen LogP contribution is -2.40. The van der Waals surface area contributed by atoms with E-state index in [1.54, 1.807) is 0 Å². The number of anilines is 1. The highest BCUT2D eigenvalue weighted by Gasteiger charge is 2.29. The van der Waals surface area contributed by atoms with Crippen LogP contribution in [0.4, 0.5) is 5.82 Å². The van der Waals surface area contributed by atoms with Gasteiger partial charge in [0.05, 0.1) is 11.9 Å². The van der Waals surface area contributed by atoms with Crippen molar-refractivity contribution < 1.29 is 8.95 Å². The van der Waals surface area contributed by atoms with Gasteiger partial charge in [-0.1, -0.05) is 19.8 Å². The minimum atomic E-state index is -0.763. The first kappa shape index (κ1) is 15.2. The van der Waals surface area contributed by atoms with Gasteiger partial charge in [0.25, 0.3) is 0 Å². The molecule has 6 heteroatoms. The smallest absolute Gasteiger partial charge is 0.218 e. The summed E-state index contributed by atoms with van der Waals surface area (Å²) in [5, 5.41) is 3.64. The van der Waals surface area contributed by atoms with Gasteiger partial charge < -0.3 is 10.1 Å². The molecule has 2 rings (SSSR count). The normalized spacial score (nSPS) is 24.1. The van der Waals surface area contributed by atoms with E-state index in [0.717, 1.165) is 24.4 Å². The quantitative estimate of drug-likeness (QED) is 0.873. The Kier molecular flexibility index (Phi) is 5.76. The minimum absolute atomic E-state index is 0.222. The maximum atomic E-state index is 12.2. The van der Waals surface area contributed by atoms with Gasteiger partial charge in [0.15, 0.2) is 0 Å². The molecule has 0 amide bonds. The first-order chi connectivity index (χ1) is 9.74. The van der Waals surface area contributed by atoms with Crippen LogP contribution in [0.25, 0.3) is 0 Å². The van der Waals surface area contributed by atoms with E-state index in [1.807, 2.05) is 19.9 Å². The van der Waals surface area contributed by atoms with Crippen molar-refractivity contribution in [3.63, 3.8) is 0 Å². The SMILES string of the molecule is CCOc1cc(N[C@@H]2CCCC[C@H]2[S@@](=O)CC)ncn1. The van der Waals surface area contributed by atoms with E-state index >= 15 is 0 Å². The Morgan fingerprint density at radius 3 is 2.90 bits per heavy atom. The van der Waals surface area contributed by atoms with E-state index in [-0.39, 0.29) is 11.3 Å². The molecule has 1 saturated carbocycles. The summed E-state index contributed by atoms with van der Waals surface area (Å²) in [4.78, 5) is 8.29. The fraction of sp³-hybridized carbons (Fsp3) is 0.714. The summed E-state index contributed by atoms with van der Waals surface area (Å²) in [6, 6.07) is 2.04. The molecular formula is C14H23N3O2S. The van der Waals surface area contributed by atoms with E-state index in [1.165, 1.54) is 19.2 Å². The number of hydrogen-bond donors (Lipinski definition) is 1. The van der Waals surface area contributed by atoms with Crippen LogP contribution in [-0.4, -0.2) is 37.8 Å². The number of ether oxygens (including phenoxy) is 1. The van der Waals surface area contributed by atoms with Crippen LogP contribution in [0.15, 0.2) is 12.4 Å². The molecule has 1 fully saturated rings. The molecule has 0 aliphatic heterocycles. The largest absolute Gasteiger partial charge is 0.478 e. The number of aromatic nitrogens is 2. The molecular weight excluding hydrogens is 274 g/mol. The predicted octanol–water partition coefficient (Wildman–Crippen LogP) is 2.37. The topological polar surface area (TPSA) is 64.1 Å². The zero-order valence-corrected chi connectivity index (χ0v) is 13.0. The molecule has 112 valence electrons. The van der Waals surface area contributed by atoms with Crippen LogP contribution in [0, 0.1) is 0 Å². The van der Waals surface area contributed by atoms with E-state index < -0.39 is 10.8 Å². The van der Waals surface area contributed by atoms with Crippen LogP contribution in [0.5, 0.6) is 5.88 Å². The van der Waals surface area contributed by atoms with Gasteiger partial charge in [0.2, 0.25) is 5.88 Å². The summed E-state index contributed by atoms with van der Waals surface area (Å²) >= 11 is 0.